The van der Waals surface area contributed by atoms with Gasteiger partial charge < -0.3 is 25.6 Å². The number of allylic oxidation sites excluding steroid dienone is 7. The summed E-state index contributed by atoms with van der Waals surface area (Å²) in [7, 11) is 0. The minimum Gasteiger partial charge on any atom is -0.480 e. The van der Waals surface area contributed by atoms with Gasteiger partial charge in [0, 0.05) is 12.8 Å². The summed E-state index contributed by atoms with van der Waals surface area (Å²) < 4.78 is 5.91. The van der Waals surface area contributed by atoms with Crippen LogP contribution in [0, 0.1) is 0 Å². The quantitative estimate of drug-likeness (QED) is 0.0286. The monoisotopic (exact) mass is 731 g/mol. The maximum Gasteiger partial charge on any atom is 0.328 e. The molecule has 9 heteroatoms. The molecule has 298 valence electrons. The van der Waals surface area contributed by atoms with Gasteiger partial charge in [-0.2, -0.15) is 0 Å². The maximum atomic E-state index is 12.7. The molecule has 0 heterocycles. The number of aliphatic carboxylic acids is 1. The summed E-state index contributed by atoms with van der Waals surface area (Å²) in [5, 5.41) is 22.5. The Balaban J connectivity index is 4.34. The summed E-state index contributed by atoms with van der Waals surface area (Å²) in [5.74, 6) is -2.37. The lowest BCUT2D eigenvalue weighted by Crippen LogP contribution is -2.47. The van der Waals surface area contributed by atoms with E-state index >= 15 is 0 Å². The minimum absolute atomic E-state index is 0.109. The number of hydrogen-bond donors (Lipinski definition) is 4. The van der Waals surface area contributed by atoms with Crippen molar-refractivity contribution in [2.24, 2.45) is 0 Å². The number of carboxylic acid groups (broad SMARTS) is 1. The van der Waals surface area contributed by atoms with Crippen LogP contribution >= 0.6 is 0 Å². The largest absolute Gasteiger partial charge is 0.480 e. The molecule has 52 heavy (non-hydrogen) atoms. The highest BCUT2D eigenvalue weighted by molar-refractivity contribution is 5.87. The Kier molecular flexibility index (Phi) is 35.2. The second kappa shape index (κ2) is 37.6. The number of carboxylic acids is 1. The zero-order valence-electron chi connectivity index (χ0n) is 32.8. The third-order valence-electron chi connectivity index (χ3n) is 8.78. The van der Waals surface area contributed by atoms with Gasteiger partial charge in [0.25, 0.3) is 0 Å². The summed E-state index contributed by atoms with van der Waals surface area (Å²) in [6.07, 6.45) is 43.0. The van der Waals surface area contributed by atoms with Crippen molar-refractivity contribution >= 4 is 23.8 Å². The zero-order valence-corrected chi connectivity index (χ0v) is 32.8. The van der Waals surface area contributed by atoms with Gasteiger partial charge in [-0.05, 0) is 76.7 Å². The molecule has 0 saturated carbocycles. The number of ether oxygens (including phenoxy) is 1. The number of hydrogen-bond acceptors (Lipinski definition) is 6. The van der Waals surface area contributed by atoms with E-state index in [-0.39, 0.29) is 24.5 Å². The molecule has 0 spiro atoms. The lowest BCUT2D eigenvalue weighted by atomic mass is 10.1. The predicted molar refractivity (Wildman–Crippen MR) is 213 cm³/mol. The van der Waals surface area contributed by atoms with Gasteiger partial charge in [-0.25, -0.2) is 4.79 Å². The standard InChI is InChI=1S/C43H74N2O7/c1-3-5-7-9-11-13-14-15-16-17-19-21-27-31-35-42(49)52-38(32-28-24-20-18-12-10-8-6-4-2)33-29-25-22-23-26-30-34-40(47)44-36-41(48)45-39(37-46)43(50)51/h9,11,14-15,18,20,28,32,38-39,46H,3-8,10,12-13,16-17,19,21-27,29-31,33-37H2,1-2H3,(H,44,47)(H,45,48)(H,50,51)/b11-9-,15-14-,20-18-,32-28-. The van der Waals surface area contributed by atoms with Crippen molar-refractivity contribution in [2.45, 2.75) is 187 Å². The smallest absolute Gasteiger partial charge is 0.328 e. The van der Waals surface area contributed by atoms with E-state index in [1.165, 1.54) is 57.8 Å². The molecular weight excluding hydrogens is 656 g/mol. The number of nitrogens with one attached hydrogen (secondary N) is 2. The molecule has 0 bridgehead atoms. The predicted octanol–water partition coefficient (Wildman–Crippen LogP) is 9.59. The Labute approximate surface area is 316 Å². The second-order valence-corrected chi connectivity index (χ2v) is 13.7. The van der Waals surface area contributed by atoms with E-state index in [4.69, 9.17) is 14.9 Å². The van der Waals surface area contributed by atoms with Crippen LogP contribution in [-0.2, 0) is 23.9 Å². The second-order valence-electron chi connectivity index (χ2n) is 13.7. The van der Waals surface area contributed by atoms with Crippen LogP contribution in [0.25, 0.3) is 0 Å². The van der Waals surface area contributed by atoms with Gasteiger partial charge in [-0.1, -0.05) is 133 Å². The van der Waals surface area contributed by atoms with Crippen LogP contribution in [0.2, 0.25) is 0 Å². The Morgan fingerprint density at radius 3 is 1.71 bits per heavy atom. The number of aliphatic hydroxyl groups excluding tert-OH is 1. The molecule has 2 atom stereocenters. The van der Waals surface area contributed by atoms with Crippen molar-refractivity contribution in [3.8, 4) is 0 Å². The van der Waals surface area contributed by atoms with Crippen molar-refractivity contribution in [3.05, 3.63) is 48.6 Å². The number of amides is 2. The molecule has 2 unspecified atom stereocenters. The minimum atomic E-state index is -1.38. The van der Waals surface area contributed by atoms with E-state index in [0.717, 1.165) is 83.5 Å². The van der Waals surface area contributed by atoms with Gasteiger partial charge in [-0.15, -0.1) is 0 Å². The average molecular weight is 731 g/mol. The van der Waals surface area contributed by atoms with Gasteiger partial charge in [-0.3, -0.25) is 14.4 Å². The van der Waals surface area contributed by atoms with Crippen LogP contribution in [0.4, 0.5) is 0 Å². The summed E-state index contributed by atoms with van der Waals surface area (Å²) >= 11 is 0. The van der Waals surface area contributed by atoms with Crippen LogP contribution in [0.15, 0.2) is 48.6 Å². The van der Waals surface area contributed by atoms with Gasteiger partial charge in [0.15, 0.2) is 0 Å². The third kappa shape index (κ3) is 33.9. The van der Waals surface area contributed by atoms with E-state index in [1.54, 1.807) is 0 Å². The van der Waals surface area contributed by atoms with Crippen molar-refractivity contribution in [3.63, 3.8) is 0 Å². The van der Waals surface area contributed by atoms with Crippen molar-refractivity contribution in [1.29, 1.82) is 0 Å². The number of carbonyl (C=O) groups is 4. The third-order valence-corrected chi connectivity index (χ3v) is 8.78. The van der Waals surface area contributed by atoms with Crippen LogP contribution in [0.3, 0.4) is 0 Å². The normalized spacial score (nSPS) is 13.0. The Morgan fingerprint density at radius 2 is 1.12 bits per heavy atom. The van der Waals surface area contributed by atoms with Gasteiger partial charge >= 0.3 is 11.9 Å². The molecule has 0 aromatic carbocycles. The zero-order chi connectivity index (χ0) is 38.3. The molecule has 0 aromatic rings. The maximum absolute atomic E-state index is 12.7. The van der Waals surface area contributed by atoms with E-state index < -0.39 is 24.5 Å². The SMILES string of the molecule is CCCC/C=C\C/C=C\CCCCCCCC(=O)OC(/C=C\C/C=C\CCCCCC)CCCCCCCCC(=O)NCC(=O)NC(CO)C(=O)O. The van der Waals surface area contributed by atoms with Crippen LogP contribution in [0.5, 0.6) is 0 Å². The first-order valence-electron chi connectivity index (χ1n) is 20.5. The fourth-order valence-corrected chi connectivity index (χ4v) is 5.56. The van der Waals surface area contributed by atoms with E-state index in [1.807, 2.05) is 0 Å². The molecule has 4 N–H and O–H groups in total. The average Bonchev–Trinajstić information content (AvgIpc) is 3.13. The lowest BCUT2D eigenvalue weighted by Gasteiger charge is -2.15. The Morgan fingerprint density at radius 1 is 0.596 bits per heavy atom. The molecular formula is C43H74N2O7. The van der Waals surface area contributed by atoms with Crippen molar-refractivity contribution < 1.29 is 34.1 Å². The summed E-state index contributed by atoms with van der Waals surface area (Å²) in [4.78, 5) is 47.3. The number of aliphatic hydroxyl groups is 1. The van der Waals surface area contributed by atoms with Crippen LogP contribution < -0.4 is 10.6 Å². The first kappa shape index (κ1) is 48.8. The first-order chi connectivity index (χ1) is 25.3. The number of rotatable bonds is 36. The number of unbranched alkanes of at least 4 members (excludes halogenated alkanes) is 16. The van der Waals surface area contributed by atoms with Gasteiger partial charge in [0.2, 0.25) is 11.8 Å². The van der Waals surface area contributed by atoms with Gasteiger partial charge in [0.05, 0.1) is 13.2 Å². The highest BCUT2D eigenvalue weighted by Crippen LogP contribution is 2.15. The fourth-order valence-electron chi connectivity index (χ4n) is 5.56. The Bertz CT molecular complexity index is 1020. The molecule has 0 fully saturated rings. The molecule has 0 saturated heterocycles. The molecule has 0 radical (unpaired) electrons. The Hall–Kier alpha value is -3.20. The molecule has 0 rings (SSSR count). The highest BCUT2D eigenvalue weighted by atomic mass is 16.5. The van der Waals surface area contributed by atoms with Gasteiger partial charge in [0.1, 0.15) is 12.1 Å². The lowest BCUT2D eigenvalue weighted by molar-refractivity contribution is -0.147. The van der Waals surface area contributed by atoms with E-state index in [2.05, 4.69) is 73.1 Å². The number of esters is 1. The summed E-state index contributed by atoms with van der Waals surface area (Å²) in [5.41, 5.74) is 0. The summed E-state index contributed by atoms with van der Waals surface area (Å²) in [6.45, 7) is 3.40. The highest BCUT2D eigenvalue weighted by Gasteiger charge is 2.18. The first-order valence-corrected chi connectivity index (χ1v) is 20.5. The molecule has 0 aliphatic heterocycles. The molecule has 2 amide bonds. The van der Waals surface area contributed by atoms with Crippen LogP contribution in [-0.4, -0.2) is 59.3 Å². The molecule has 9 nitrogen and oxygen atoms in total. The molecule has 0 aromatic heterocycles. The van der Waals surface area contributed by atoms with Crippen molar-refractivity contribution in [2.75, 3.05) is 13.2 Å². The number of carbonyl (C=O) groups excluding carboxylic acids is 3. The molecule has 0 aliphatic carbocycles. The van der Waals surface area contributed by atoms with Crippen LogP contribution in [0.1, 0.15) is 174 Å². The topological polar surface area (TPSA) is 142 Å². The molecule has 0 aliphatic rings. The van der Waals surface area contributed by atoms with E-state index in [9.17, 15) is 19.2 Å². The fraction of sp³-hybridized carbons (Fsp3) is 0.721. The summed E-state index contributed by atoms with van der Waals surface area (Å²) in [6, 6.07) is -1.38. The van der Waals surface area contributed by atoms with Crippen molar-refractivity contribution in [1.82, 2.24) is 10.6 Å². The van der Waals surface area contributed by atoms with E-state index in [0.29, 0.717) is 19.3 Å².